The Hall–Kier alpha value is -2.19. The van der Waals surface area contributed by atoms with Crippen LogP contribution in [-0.4, -0.2) is 52.7 Å². The fraction of sp³-hybridized carbons (Fsp3) is 0.652. The van der Waals surface area contributed by atoms with Crippen LogP contribution in [0.15, 0.2) is 23.3 Å². The van der Waals surface area contributed by atoms with E-state index in [0.717, 1.165) is 39.5 Å². The normalized spacial score (nSPS) is 23.4. The van der Waals surface area contributed by atoms with Gasteiger partial charge in [0.1, 0.15) is 11.7 Å². The molecule has 1 aliphatic carbocycles. The van der Waals surface area contributed by atoms with Crippen molar-refractivity contribution in [3.05, 3.63) is 23.3 Å². The lowest BCUT2D eigenvalue weighted by Crippen LogP contribution is -2.54. The quantitative estimate of drug-likeness (QED) is 0.199. The number of esters is 3. The summed E-state index contributed by atoms with van der Waals surface area (Å²) in [6.45, 7) is 6.95. The first kappa shape index (κ1) is 27.8. The average Bonchev–Trinajstić information content (AvgIpc) is 2.89. The van der Waals surface area contributed by atoms with Crippen LogP contribution >= 0.6 is 11.6 Å². The van der Waals surface area contributed by atoms with Crippen LogP contribution in [0.1, 0.15) is 66.7 Å². The molecule has 180 valence electrons. The molecule has 1 aliphatic rings. The number of aliphatic hydroxyl groups is 1. The summed E-state index contributed by atoms with van der Waals surface area (Å²) in [7, 11) is 0. The van der Waals surface area contributed by atoms with Crippen LogP contribution in [0.4, 0.5) is 0 Å². The van der Waals surface area contributed by atoms with E-state index in [2.05, 4.69) is 6.92 Å². The largest absolute Gasteiger partial charge is 0.459 e. The number of Topliss-reactive ketones (excluding diaryl/α,β-unsaturated/α-hetero) is 1. The second-order valence-electron chi connectivity index (χ2n) is 7.96. The first-order valence-electron chi connectivity index (χ1n) is 10.7. The van der Waals surface area contributed by atoms with Gasteiger partial charge in [0.15, 0.2) is 18.0 Å². The number of ketones is 1. The van der Waals surface area contributed by atoms with E-state index in [1.807, 2.05) is 6.08 Å². The molecule has 0 spiro atoms. The fourth-order valence-electron chi connectivity index (χ4n) is 3.74. The van der Waals surface area contributed by atoms with Crippen LogP contribution in [0.25, 0.3) is 0 Å². The average molecular weight is 473 g/mol. The van der Waals surface area contributed by atoms with Crippen molar-refractivity contribution in [2.24, 2.45) is 5.92 Å². The molecule has 8 nitrogen and oxygen atoms in total. The van der Waals surface area contributed by atoms with Crippen LogP contribution in [0.5, 0.6) is 0 Å². The van der Waals surface area contributed by atoms with Gasteiger partial charge < -0.3 is 19.3 Å². The Bertz CT molecular complexity index is 759. The van der Waals surface area contributed by atoms with Gasteiger partial charge in [-0.2, -0.15) is 0 Å². The first-order valence-corrected chi connectivity index (χ1v) is 11.1. The van der Waals surface area contributed by atoms with Gasteiger partial charge >= 0.3 is 17.9 Å². The van der Waals surface area contributed by atoms with Gasteiger partial charge in [0.25, 0.3) is 0 Å². The highest BCUT2D eigenvalue weighted by Crippen LogP contribution is 2.41. The smallest absolute Gasteiger partial charge is 0.303 e. The minimum Gasteiger partial charge on any atom is -0.459 e. The molecule has 0 aromatic carbocycles. The highest BCUT2D eigenvalue weighted by Gasteiger charge is 2.55. The number of halogens is 1. The Morgan fingerprint density at radius 1 is 1.09 bits per heavy atom. The molecule has 5 atom stereocenters. The van der Waals surface area contributed by atoms with E-state index in [4.69, 9.17) is 25.8 Å². The highest BCUT2D eigenvalue weighted by molar-refractivity contribution is 6.44. The Balaban J connectivity index is 3.31. The first-order chi connectivity index (χ1) is 14.9. The van der Waals surface area contributed by atoms with Crippen molar-refractivity contribution in [2.45, 2.75) is 90.6 Å². The molecular formula is C23H33ClO8. The molecule has 0 saturated heterocycles. The molecule has 9 heteroatoms. The minimum absolute atomic E-state index is 0.0260. The second-order valence-corrected chi connectivity index (χ2v) is 8.37. The van der Waals surface area contributed by atoms with Crippen molar-refractivity contribution >= 4 is 35.3 Å². The van der Waals surface area contributed by atoms with Gasteiger partial charge in [0.2, 0.25) is 0 Å². The zero-order chi connectivity index (χ0) is 24.5. The van der Waals surface area contributed by atoms with Crippen LogP contribution < -0.4 is 0 Å². The maximum Gasteiger partial charge on any atom is 0.303 e. The molecule has 0 bridgehead atoms. The van der Waals surface area contributed by atoms with Crippen molar-refractivity contribution in [2.75, 3.05) is 0 Å². The van der Waals surface area contributed by atoms with E-state index in [9.17, 15) is 24.3 Å². The van der Waals surface area contributed by atoms with Gasteiger partial charge in [-0.15, -0.1) is 0 Å². The Kier molecular flexibility index (Phi) is 11.1. The molecule has 32 heavy (non-hydrogen) atoms. The summed E-state index contributed by atoms with van der Waals surface area (Å²) in [4.78, 5) is 48.0. The molecule has 0 radical (unpaired) electrons. The monoisotopic (exact) mass is 472 g/mol. The number of unbranched alkanes of at least 4 members (excludes halogenated alkanes) is 3. The van der Waals surface area contributed by atoms with Gasteiger partial charge in [-0.3, -0.25) is 19.2 Å². The summed E-state index contributed by atoms with van der Waals surface area (Å²) in [5, 5.41) is 11.1. The lowest BCUT2D eigenvalue weighted by molar-refractivity contribution is -0.192. The van der Waals surface area contributed by atoms with Crippen molar-refractivity contribution in [3.8, 4) is 0 Å². The van der Waals surface area contributed by atoms with Gasteiger partial charge in [0.05, 0.1) is 11.0 Å². The number of carbonyl (C=O) groups is 4. The molecule has 0 aromatic heterocycles. The molecule has 0 saturated carbocycles. The van der Waals surface area contributed by atoms with Gasteiger partial charge in [0, 0.05) is 20.8 Å². The zero-order valence-corrected chi connectivity index (χ0v) is 20.0. The lowest BCUT2D eigenvalue weighted by atomic mass is 9.79. The van der Waals surface area contributed by atoms with E-state index < -0.39 is 53.5 Å². The van der Waals surface area contributed by atoms with Crippen LogP contribution in [0.2, 0.25) is 0 Å². The number of ether oxygens (including phenoxy) is 3. The van der Waals surface area contributed by atoms with E-state index in [1.165, 1.54) is 19.9 Å². The molecule has 1 N–H and O–H groups in total. The third-order valence-electron chi connectivity index (χ3n) is 5.09. The van der Waals surface area contributed by atoms with Crippen molar-refractivity contribution in [1.29, 1.82) is 0 Å². The van der Waals surface area contributed by atoms with E-state index >= 15 is 0 Å². The summed E-state index contributed by atoms with van der Waals surface area (Å²) in [6.07, 6.45) is 5.00. The van der Waals surface area contributed by atoms with Gasteiger partial charge in [-0.25, -0.2) is 0 Å². The predicted molar refractivity (Wildman–Crippen MR) is 118 cm³/mol. The summed E-state index contributed by atoms with van der Waals surface area (Å²) in [5.41, 5.74) is -1.79. The predicted octanol–water partition coefficient (Wildman–Crippen LogP) is 3.38. The van der Waals surface area contributed by atoms with E-state index in [-0.39, 0.29) is 11.5 Å². The standard InChI is InChI=1S/C23H33ClO8/c1-6-7-8-9-10-11-12-23(29)13-18(24)20(28)19(23)22(32-17(5)27)21(31-16(4)26)14(2)30-15(3)25/h10-11,13-14,19,21-22,29H,6-9,12H2,1-5H3/b11-10-/t14?,19-,21?,22?,23-/m1/s1. The van der Waals surface area contributed by atoms with Gasteiger partial charge in [-0.05, 0) is 32.3 Å². The molecule has 3 unspecified atom stereocenters. The minimum atomic E-state index is -1.79. The molecule has 1 rings (SSSR count). The maximum atomic E-state index is 12.9. The van der Waals surface area contributed by atoms with E-state index in [0.29, 0.717) is 0 Å². The number of hydrogen-bond donors (Lipinski definition) is 1. The number of rotatable bonds is 12. The summed E-state index contributed by atoms with van der Waals surface area (Å²) < 4.78 is 15.8. The van der Waals surface area contributed by atoms with Crippen LogP contribution in [0.3, 0.4) is 0 Å². The molecular weight excluding hydrogens is 440 g/mol. The Labute approximate surface area is 193 Å². The SMILES string of the molecule is CCCCC/C=C\C[C@@]1(O)C=C(Cl)C(=O)[C@@H]1C(OC(C)=O)C(OC(C)=O)C(C)OC(C)=O. The lowest BCUT2D eigenvalue weighted by Gasteiger charge is -2.38. The molecule has 0 amide bonds. The number of carbonyl (C=O) groups excluding carboxylic acids is 4. The second kappa shape index (κ2) is 12.7. The topological polar surface area (TPSA) is 116 Å². The number of allylic oxidation sites excluding steroid dienone is 2. The van der Waals surface area contributed by atoms with Crippen LogP contribution in [-0.2, 0) is 33.4 Å². The number of hydrogen-bond acceptors (Lipinski definition) is 8. The Morgan fingerprint density at radius 2 is 1.69 bits per heavy atom. The summed E-state index contributed by atoms with van der Waals surface area (Å²) >= 11 is 6.07. The summed E-state index contributed by atoms with van der Waals surface area (Å²) in [5.74, 6) is -4.19. The fourth-order valence-corrected chi connectivity index (χ4v) is 4.05. The summed E-state index contributed by atoms with van der Waals surface area (Å²) in [6, 6.07) is 0. The van der Waals surface area contributed by atoms with Crippen molar-refractivity contribution in [1.82, 2.24) is 0 Å². The van der Waals surface area contributed by atoms with Gasteiger partial charge in [-0.1, -0.05) is 43.5 Å². The van der Waals surface area contributed by atoms with Crippen LogP contribution in [0, 0.1) is 5.92 Å². The van der Waals surface area contributed by atoms with E-state index in [1.54, 1.807) is 6.08 Å². The third-order valence-corrected chi connectivity index (χ3v) is 5.39. The van der Waals surface area contributed by atoms with Crippen molar-refractivity contribution < 1.29 is 38.5 Å². The Morgan fingerprint density at radius 3 is 2.22 bits per heavy atom. The van der Waals surface area contributed by atoms with Crippen molar-refractivity contribution in [3.63, 3.8) is 0 Å². The maximum absolute atomic E-state index is 12.9. The zero-order valence-electron chi connectivity index (χ0n) is 19.3. The molecule has 0 aliphatic heterocycles. The molecule has 0 heterocycles. The third kappa shape index (κ3) is 8.06. The molecule has 0 aromatic rings. The molecule has 0 fully saturated rings. The highest BCUT2D eigenvalue weighted by atomic mass is 35.5.